The molecule has 3 nitrogen and oxygen atoms in total. The summed E-state index contributed by atoms with van der Waals surface area (Å²) in [7, 11) is -15.5. The molecule has 0 aliphatic carbocycles. The maximum absolute atomic E-state index is 10.7. The summed E-state index contributed by atoms with van der Waals surface area (Å²) in [5.74, 6) is 4.55. The fraction of sp³-hybridized carbons (Fsp3) is 0. The molecule has 17 aromatic carbocycles. The zero-order valence-corrected chi connectivity index (χ0v) is 76.3. The van der Waals surface area contributed by atoms with Crippen molar-refractivity contribution in [1.29, 1.82) is 0 Å². The van der Waals surface area contributed by atoms with Crippen molar-refractivity contribution >= 4 is 137 Å². The van der Waals surface area contributed by atoms with Gasteiger partial charge < -0.3 is 26.2 Å². The van der Waals surface area contributed by atoms with Gasteiger partial charge in [0.1, 0.15) is 0 Å². The minimum atomic E-state index is -10.7. The summed E-state index contributed by atoms with van der Waals surface area (Å²) >= 11 is 0. The molecule has 0 aliphatic rings. The van der Waals surface area contributed by atoms with E-state index in [0.717, 1.165) is 11.1 Å². The fourth-order valence-electron chi connectivity index (χ4n) is 12.7. The number of halogens is 6. The Kier molecular flexibility index (Phi) is 39.2. The van der Waals surface area contributed by atoms with Crippen LogP contribution in [0, 0.1) is 24.7 Å². The van der Waals surface area contributed by atoms with Gasteiger partial charge in [0.05, 0.1) is 48.4 Å². The second-order valence-corrected chi connectivity index (χ2v) is 41.9. The van der Waals surface area contributed by atoms with Crippen LogP contribution in [0.15, 0.2) is 516 Å². The van der Waals surface area contributed by atoms with E-state index in [-0.39, 0.29) is 51.2 Å². The first-order chi connectivity index (χ1) is 59.6. The van der Waals surface area contributed by atoms with Crippen LogP contribution >= 0.6 is 56.2 Å². The van der Waals surface area contributed by atoms with Crippen LogP contribution in [0.25, 0.3) is 0 Å². The molecular formula is C106H85Cu3F6N3P7. The second kappa shape index (κ2) is 49.9. The van der Waals surface area contributed by atoms with Crippen LogP contribution in [0.5, 0.6) is 0 Å². The Bertz CT molecular complexity index is 4890. The molecule has 17 aromatic rings. The molecule has 0 saturated heterocycles. The topological polar surface area (TPSA) is 9.72 Å². The number of rotatable bonds is 21. The van der Waals surface area contributed by atoms with Gasteiger partial charge in [0.15, 0.2) is 0 Å². The summed E-state index contributed by atoms with van der Waals surface area (Å²) in [4.78, 5) is 0. The van der Waals surface area contributed by atoms with Gasteiger partial charge in [-0.1, -0.05) is 455 Å². The maximum Gasteiger partial charge on any atom is 1.00 e. The smallest absolute Gasteiger partial charge is 0.366 e. The first-order valence-corrected chi connectivity index (χ1v) is 48.8. The van der Waals surface area contributed by atoms with Crippen molar-refractivity contribution in [1.82, 2.24) is 0 Å². The summed E-state index contributed by atoms with van der Waals surface area (Å²) in [5.41, 5.74) is 5.39. The van der Waals surface area contributed by atoms with E-state index in [1.54, 1.807) is 0 Å². The SMILES string of the molecule is F[P-](F)(F)(F)(F)F.[C-]#Cc1ccccc1.[C-]#Cc1ccccc1.[Cu+].[Cu+].[Cu+].c1ccc(N(P(c2ccccc2)c2ccccc2)P(c2ccccc2)c2ccccc2)cc1.c1ccc(N(P(c2ccccc2)c2ccccc2)P(c2ccccc2)c2ccccc2)cc1.c1ccc(N(P(c2ccccc2)c2ccccc2)P(c2ccccc2)c2ccccc2)cc1. The zero-order valence-electron chi connectivity index (χ0n) is 67.2. The molecule has 0 saturated carbocycles. The van der Waals surface area contributed by atoms with Gasteiger partial charge in [0.25, 0.3) is 0 Å². The standard InChI is InChI=1S/3C30H25NP2.2C8H5.3Cu.F6P/c3*1-6-16-26(17-7-1)31(32(27-18-8-2-9-19-27)28-20-10-3-11-21-28)33(29-22-12-4-13-23-29)30-24-14-5-15-25-30;2*1-2-8-6-4-3-5-7-8;;;;1-7(2,3,4,5)6/h3*1-25H;2*3-7H;;;;/q;;;2*-1;3*+1;-1. The zero-order chi connectivity index (χ0) is 84.9. The Morgan fingerprint density at radius 1 is 0.160 bits per heavy atom. The fourth-order valence-corrected chi connectivity index (χ4v) is 30.6. The number of benzene rings is 17. The molecule has 634 valence electrons. The van der Waals surface area contributed by atoms with E-state index >= 15 is 0 Å². The van der Waals surface area contributed by atoms with E-state index < -0.39 is 56.2 Å². The van der Waals surface area contributed by atoms with Crippen LogP contribution in [0.3, 0.4) is 0 Å². The molecule has 17 rings (SSSR count). The van der Waals surface area contributed by atoms with Gasteiger partial charge in [-0.25, -0.2) is 0 Å². The van der Waals surface area contributed by atoms with Gasteiger partial charge in [0.2, 0.25) is 0 Å². The first-order valence-electron chi connectivity index (χ1n) is 39.0. The second-order valence-electron chi connectivity index (χ2n) is 26.7. The number of nitrogens with zero attached hydrogens (tertiary/aromatic N) is 3. The quantitative estimate of drug-likeness (QED) is 0.0233. The first kappa shape index (κ1) is 98.2. The predicted molar refractivity (Wildman–Crippen MR) is 520 cm³/mol. The van der Waals surface area contributed by atoms with E-state index in [0.29, 0.717) is 0 Å². The molecule has 0 fully saturated rings. The normalized spacial score (nSPS) is 11.0. The Hall–Kier alpha value is -10.6. The van der Waals surface area contributed by atoms with E-state index in [1.807, 2.05) is 60.7 Å². The predicted octanol–water partition coefficient (Wildman–Crippen LogP) is 26.4. The van der Waals surface area contributed by atoms with Gasteiger partial charge in [-0.3, -0.25) is 11.8 Å². The van der Waals surface area contributed by atoms with Crippen molar-refractivity contribution in [3.05, 3.63) is 540 Å². The summed E-state index contributed by atoms with van der Waals surface area (Å²) in [6, 6.07) is 183. The largest absolute Gasteiger partial charge is 1.00 e. The maximum atomic E-state index is 9.87. The van der Waals surface area contributed by atoms with Crippen LogP contribution in [0.4, 0.5) is 42.2 Å². The molecule has 0 N–H and O–H groups in total. The number of hydrogen-bond donors (Lipinski definition) is 0. The van der Waals surface area contributed by atoms with Gasteiger partial charge >= 0.3 is 84.2 Å². The van der Waals surface area contributed by atoms with Crippen molar-refractivity contribution in [2.24, 2.45) is 0 Å². The van der Waals surface area contributed by atoms with Crippen molar-refractivity contribution in [2.45, 2.75) is 0 Å². The molecule has 0 aliphatic heterocycles. The minimum absolute atomic E-state index is 0. The summed E-state index contributed by atoms with van der Waals surface area (Å²) in [6.07, 6.45) is 13.4. The third-order valence-electron chi connectivity index (χ3n) is 17.9. The summed E-state index contributed by atoms with van der Waals surface area (Å²) in [5, 5.41) is 16.2. The van der Waals surface area contributed by atoms with Gasteiger partial charge in [-0.05, 0) is 36.4 Å². The average Bonchev–Trinajstić information content (AvgIpc) is 0.803. The third-order valence-corrected chi connectivity index (χ3v) is 34.3. The molecule has 0 atom stereocenters. The van der Waals surface area contributed by atoms with Crippen LogP contribution < -0.4 is 77.0 Å². The van der Waals surface area contributed by atoms with Crippen LogP contribution in [0.1, 0.15) is 11.1 Å². The summed E-state index contributed by atoms with van der Waals surface area (Å²) < 4.78 is 67.3. The molecule has 0 heterocycles. The number of hydrogen-bond acceptors (Lipinski definition) is 3. The van der Waals surface area contributed by atoms with Crippen molar-refractivity contribution in [3.63, 3.8) is 0 Å². The average molecular weight is 1920 g/mol. The Morgan fingerprint density at radius 2 is 0.248 bits per heavy atom. The number of anilines is 3. The Balaban J connectivity index is 0.000000185. The Labute approximate surface area is 771 Å². The third kappa shape index (κ3) is 30.9. The molecule has 125 heavy (non-hydrogen) atoms. The van der Waals surface area contributed by atoms with Gasteiger partial charge in [0, 0.05) is 80.7 Å². The van der Waals surface area contributed by atoms with Gasteiger partial charge in [-0.15, -0.1) is 35.4 Å². The van der Waals surface area contributed by atoms with Crippen LogP contribution in [0.2, 0.25) is 0 Å². The summed E-state index contributed by atoms with van der Waals surface area (Å²) in [6.45, 7) is 0. The van der Waals surface area contributed by atoms with Crippen LogP contribution in [-0.2, 0) is 51.2 Å². The van der Waals surface area contributed by atoms with Crippen molar-refractivity contribution < 1.29 is 76.4 Å². The number of para-hydroxylation sites is 3. The molecule has 19 heteroatoms. The van der Waals surface area contributed by atoms with Crippen molar-refractivity contribution in [2.75, 3.05) is 13.3 Å². The Morgan fingerprint density at radius 3 is 0.336 bits per heavy atom. The van der Waals surface area contributed by atoms with Gasteiger partial charge in [-0.2, -0.15) is 0 Å². The molecule has 0 aromatic heterocycles. The molecule has 0 radical (unpaired) electrons. The molecular weight excluding hydrogens is 1840 g/mol. The van der Waals surface area contributed by atoms with E-state index in [4.69, 9.17) is 12.8 Å². The molecule has 0 amide bonds. The van der Waals surface area contributed by atoms with Crippen molar-refractivity contribution in [3.8, 4) is 11.8 Å². The molecule has 0 unspecified atom stereocenters. The monoisotopic (exact) mass is 1920 g/mol. The van der Waals surface area contributed by atoms with E-state index in [9.17, 15) is 25.2 Å². The van der Waals surface area contributed by atoms with E-state index in [1.165, 1.54) is 80.7 Å². The molecule has 0 spiro atoms. The van der Waals surface area contributed by atoms with E-state index in [2.05, 4.69) is 480 Å². The van der Waals surface area contributed by atoms with Crippen LogP contribution in [-0.4, -0.2) is 0 Å². The minimum Gasteiger partial charge on any atom is -0.366 e. The molecule has 0 bridgehead atoms.